The Balaban J connectivity index is 4.24. The normalized spacial score (nSPS) is 13.9. The molecule has 4 N–H and O–H groups in total. The van der Waals surface area contributed by atoms with Crippen LogP contribution >= 0.6 is 7.82 Å². The van der Waals surface area contributed by atoms with Crippen LogP contribution in [-0.2, 0) is 37.5 Å². The number of phosphoric acid groups is 1. The molecule has 356 valence electrons. The van der Waals surface area contributed by atoms with Crippen molar-refractivity contribution in [3.8, 4) is 0 Å². The summed E-state index contributed by atoms with van der Waals surface area (Å²) in [7, 11) is -4.72. The van der Waals surface area contributed by atoms with Crippen LogP contribution in [0.1, 0.15) is 226 Å². The van der Waals surface area contributed by atoms with Crippen molar-refractivity contribution >= 4 is 25.7 Å². The minimum Gasteiger partial charge on any atom is -0.480 e. The van der Waals surface area contributed by atoms with E-state index < -0.39 is 51.1 Å². The second-order valence-electron chi connectivity index (χ2n) is 16.6. The van der Waals surface area contributed by atoms with Crippen LogP contribution < -0.4 is 5.73 Å². The largest absolute Gasteiger partial charge is 0.480 e. The number of nitrogens with two attached hydrogens (primary N) is 1. The fourth-order valence-corrected chi connectivity index (χ4v) is 7.62. The second kappa shape index (κ2) is 44.3. The lowest BCUT2D eigenvalue weighted by Gasteiger charge is -2.20. The number of carbonyl (C=O) groups excluding carboxylic acids is 2. The van der Waals surface area contributed by atoms with Crippen molar-refractivity contribution in [1.82, 2.24) is 0 Å². The third-order valence-corrected chi connectivity index (χ3v) is 11.6. The highest BCUT2D eigenvalue weighted by molar-refractivity contribution is 7.47. The van der Waals surface area contributed by atoms with E-state index in [0.29, 0.717) is 12.8 Å². The van der Waals surface area contributed by atoms with Crippen molar-refractivity contribution in [1.29, 1.82) is 0 Å². The van der Waals surface area contributed by atoms with Crippen molar-refractivity contribution in [2.75, 3.05) is 19.8 Å². The summed E-state index contributed by atoms with van der Waals surface area (Å²) >= 11 is 0. The average Bonchev–Trinajstić information content (AvgIpc) is 3.24. The van der Waals surface area contributed by atoms with Crippen molar-refractivity contribution in [3.05, 3.63) is 36.5 Å². The number of allylic oxidation sites excluding steroid dienone is 6. The van der Waals surface area contributed by atoms with E-state index in [-0.39, 0.29) is 19.4 Å². The van der Waals surface area contributed by atoms with Gasteiger partial charge in [-0.1, -0.05) is 204 Å². The van der Waals surface area contributed by atoms with Crippen molar-refractivity contribution in [3.63, 3.8) is 0 Å². The zero-order valence-electron chi connectivity index (χ0n) is 38.8. The minimum absolute atomic E-state index is 0.161. The molecule has 3 atom stereocenters. The van der Waals surface area contributed by atoms with Crippen LogP contribution in [-0.4, -0.2) is 59.9 Å². The smallest absolute Gasteiger partial charge is 0.472 e. The number of aliphatic carboxylic acids is 1. The van der Waals surface area contributed by atoms with E-state index >= 15 is 0 Å². The number of carboxylic acids is 1. The Morgan fingerprint density at radius 3 is 1.38 bits per heavy atom. The summed E-state index contributed by atoms with van der Waals surface area (Å²) in [6.45, 7) is 2.71. The molecule has 61 heavy (non-hydrogen) atoms. The number of phosphoric ester groups is 1. The fraction of sp³-hybridized carbons (Fsp3) is 0.816. The first kappa shape index (κ1) is 58.7. The molecule has 0 heterocycles. The van der Waals surface area contributed by atoms with Gasteiger partial charge in [0.1, 0.15) is 12.6 Å². The molecule has 1 unspecified atom stereocenters. The van der Waals surface area contributed by atoms with Crippen LogP contribution in [0, 0.1) is 0 Å². The van der Waals surface area contributed by atoms with E-state index in [1.807, 2.05) is 0 Å². The van der Waals surface area contributed by atoms with Crippen LogP contribution in [0.25, 0.3) is 0 Å². The standard InChI is InChI=1S/C49H90NO10P/c1-3-5-7-9-11-13-15-17-19-20-21-22-23-24-25-27-29-31-33-35-37-39-41-48(52)60-45(43-58-61(55,56)59-44-46(50)49(53)54)42-57-47(51)40-38-36-34-32-30-28-26-18-16-14-12-10-8-6-4-2/h6,8,12,14,18,26,45-46H,3-5,7,9-11,13,15-17,19-25,27-44,50H2,1-2H3,(H,53,54)(H,55,56)/b8-6+,14-12+,26-18+/t45-,46-/m0/s1. The van der Waals surface area contributed by atoms with E-state index in [2.05, 4.69) is 54.8 Å². The summed E-state index contributed by atoms with van der Waals surface area (Å²) in [5.74, 6) is -2.39. The SMILES string of the molecule is CC/C=C/C/C=C/C/C=C/CCCCCCCC(=O)OC[C@@H](COP(=O)(O)OC[C@H](N)C(=O)O)OC(=O)CCCCCCCCCCCCCCCCCCCCCCCC. The lowest BCUT2D eigenvalue weighted by molar-refractivity contribution is -0.161. The molecule has 0 rings (SSSR count). The Morgan fingerprint density at radius 1 is 0.525 bits per heavy atom. The zero-order valence-corrected chi connectivity index (χ0v) is 39.7. The Hall–Kier alpha value is -2.30. The molecule has 0 aliphatic heterocycles. The van der Waals surface area contributed by atoms with Gasteiger partial charge in [0.2, 0.25) is 0 Å². The first-order chi connectivity index (χ1) is 29.6. The number of rotatable bonds is 46. The van der Waals surface area contributed by atoms with Gasteiger partial charge in [-0.05, 0) is 44.9 Å². The van der Waals surface area contributed by atoms with Gasteiger partial charge in [0.25, 0.3) is 0 Å². The summed E-state index contributed by atoms with van der Waals surface area (Å²) in [5, 5.41) is 8.91. The van der Waals surface area contributed by atoms with Crippen LogP contribution in [0.15, 0.2) is 36.5 Å². The minimum atomic E-state index is -4.72. The highest BCUT2D eigenvalue weighted by Crippen LogP contribution is 2.43. The Bertz CT molecular complexity index is 1180. The predicted molar refractivity (Wildman–Crippen MR) is 249 cm³/mol. The van der Waals surface area contributed by atoms with Gasteiger partial charge in [0.15, 0.2) is 6.10 Å². The lowest BCUT2D eigenvalue weighted by atomic mass is 10.0. The summed E-state index contributed by atoms with van der Waals surface area (Å²) in [6, 6.07) is -1.52. The predicted octanol–water partition coefficient (Wildman–Crippen LogP) is 13.6. The molecule has 0 fully saturated rings. The maximum Gasteiger partial charge on any atom is 0.472 e. The summed E-state index contributed by atoms with van der Waals surface area (Å²) in [5.41, 5.74) is 5.34. The van der Waals surface area contributed by atoms with E-state index in [4.69, 9.17) is 24.8 Å². The molecule has 11 nitrogen and oxygen atoms in total. The van der Waals surface area contributed by atoms with Gasteiger partial charge in [0, 0.05) is 12.8 Å². The van der Waals surface area contributed by atoms with E-state index in [0.717, 1.165) is 70.6 Å². The molecule has 0 aromatic heterocycles. The molecule has 0 aromatic rings. The number of carboxylic acid groups (broad SMARTS) is 1. The average molecular weight is 884 g/mol. The maximum absolute atomic E-state index is 12.7. The second-order valence-corrected chi connectivity index (χ2v) is 18.0. The number of carbonyl (C=O) groups is 3. The molecule has 12 heteroatoms. The summed E-state index contributed by atoms with van der Waals surface area (Å²) in [6.07, 6.45) is 49.3. The Kier molecular flexibility index (Phi) is 42.6. The van der Waals surface area contributed by atoms with Crippen molar-refractivity contribution in [2.24, 2.45) is 5.73 Å². The number of hydrogen-bond acceptors (Lipinski definition) is 9. The lowest BCUT2D eigenvalue weighted by Crippen LogP contribution is -2.34. The highest BCUT2D eigenvalue weighted by Gasteiger charge is 2.28. The van der Waals surface area contributed by atoms with Gasteiger partial charge in [-0.3, -0.25) is 23.4 Å². The van der Waals surface area contributed by atoms with Crippen molar-refractivity contribution < 1.29 is 47.5 Å². The Morgan fingerprint density at radius 2 is 0.918 bits per heavy atom. The van der Waals surface area contributed by atoms with Crippen LogP contribution in [0.2, 0.25) is 0 Å². The molecule has 0 spiro atoms. The molecule has 0 aromatic carbocycles. The van der Waals surface area contributed by atoms with Crippen LogP contribution in [0.4, 0.5) is 0 Å². The number of esters is 2. The first-order valence-electron chi connectivity index (χ1n) is 24.5. The maximum atomic E-state index is 12.7. The summed E-state index contributed by atoms with van der Waals surface area (Å²) < 4.78 is 32.8. The third-order valence-electron chi connectivity index (χ3n) is 10.7. The van der Waals surface area contributed by atoms with Gasteiger partial charge in [0.05, 0.1) is 13.2 Å². The van der Waals surface area contributed by atoms with E-state index in [9.17, 15) is 23.8 Å². The summed E-state index contributed by atoms with van der Waals surface area (Å²) in [4.78, 5) is 46.1. The van der Waals surface area contributed by atoms with Gasteiger partial charge in [-0.15, -0.1) is 0 Å². The molecule has 0 saturated carbocycles. The van der Waals surface area contributed by atoms with E-state index in [1.165, 1.54) is 116 Å². The van der Waals surface area contributed by atoms with Crippen LogP contribution in [0.5, 0.6) is 0 Å². The van der Waals surface area contributed by atoms with Crippen LogP contribution in [0.3, 0.4) is 0 Å². The molecule has 0 saturated heterocycles. The molecular formula is C49H90NO10P. The number of unbranched alkanes of at least 4 members (excludes halogenated alkanes) is 26. The zero-order chi connectivity index (χ0) is 44.9. The number of ether oxygens (including phenoxy) is 2. The quantitative estimate of drug-likeness (QED) is 0.0230. The van der Waals surface area contributed by atoms with Gasteiger partial charge in [-0.25, -0.2) is 4.57 Å². The highest BCUT2D eigenvalue weighted by atomic mass is 31.2. The first-order valence-corrected chi connectivity index (χ1v) is 26.0. The fourth-order valence-electron chi connectivity index (χ4n) is 6.85. The van der Waals surface area contributed by atoms with Crippen molar-refractivity contribution in [2.45, 2.75) is 238 Å². The van der Waals surface area contributed by atoms with Gasteiger partial charge in [-0.2, -0.15) is 0 Å². The monoisotopic (exact) mass is 884 g/mol. The molecule has 0 aliphatic rings. The Labute approximate surface area is 372 Å². The topological polar surface area (TPSA) is 172 Å². The van der Waals surface area contributed by atoms with Gasteiger partial charge >= 0.3 is 25.7 Å². The molecular weight excluding hydrogens is 794 g/mol. The molecule has 0 aliphatic carbocycles. The molecule has 0 amide bonds. The molecule has 0 radical (unpaired) electrons. The van der Waals surface area contributed by atoms with Gasteiger partial charge < -0.3 is 25.2 Å². The van der Waals surface area contributed by atoms with E-state index in [1.54, 1.807) is 0 Å². The number of hydrogen-bond donors (Lipinski definition) is 3. The third kappa shape index (κ3) is 44.1. The molecule has 0 bridgehead atoms.